The molecule has 1 aromatic heterocycles. The summed E-state index contributed by atoms with van der Waals surface area (Å²) in [4.78, 5) is 2.29. The summed E-state index contributed by atoms with van der Waals surface area (Å²) in [6, 6.07) is 0. The average molecular weight is 313 g/mol. The van der Waals surface area contributed by atoms with Crippen LogP contribution in [0.1, 0.15) is 39.4 Å². The minimum Gasteiger partial charge on any atom is -0.417 e. The monoisotopic (exact) mass is 312 g/mol. The van der Waals surface area contributed by atoms with E-state index in [1.807, 2.05) is 11.6 Å². The van der Waals surface area contributed by atoms with E-state index < -0.39 is 8.32 Å². The molecule has 0 aromatic carbocycles. The Morgan fingerprint density at radius 1 is 1.29 bits per heavy atom. The van der Waals surface area contributed by atoms with Crippen LogP contribution in [0.2, 0.25) is 18.1 Å². The molecule has 0 bridgehead atoms. The highest BCUT2D eigenvalue weighted by Gasteiger charge is 2.36. The molecule has 0 saturated heterocycles. The minimum atomic E-state index is -1.58. The Labute approximate surface area is 130 Å². The van der Waals surface area contributed by atoms with Crippen molar-refractivity contribution in [1.82, 2.24) is 19.7 Å². The van der Waals surface area contributed by atoms with Crippen LogP contribution in [0.25, 0.3) is 0 Å². The predicted octanol–water partition coefficient (Wildman–Crippen LogP) is 3.05. The molecule has 0 radical (unpaired) electrons. The normalized spacial score (nSPS) is 13.1. The number of aryl methyl sites for hydroxylation is 1. The SMILES string of the molecule is CN(CCCCO[Si](C)(C)C(C)(C)C)Cc1nncn1C. The molecule has 5 nitrogen and oxygen atoms in total. The van der Waals surface area contributed by atoms with Gasteiger partial charge in [0.05, 0.1) is 6.54 Å². The van der Waals surface area contributed by atoms with Crippen molar-refractivity contribution in [3.05, 3.63) is 12.2 Å². The van der Waals surface area contributed by atoms with Crippen molar-refractivity contribution in [2.24, 2.45) is 7.05 Å². The van der Waals surface area contributed by atoms with Gasteiger partial charge in [0.1, 0.15) is 12.2 Å². The third-order valence-corrected chi connectivity index (χ3v) is 8.96. The molecule has 0 aliphatic carbocycles. The van der Waals surface area contributed by atoms with Gasteiger partial charge in [-0.3, -0.25) is 4.90 Å². The number of hydrogen-bond acceptors (Lipinski definition) is 4. The molecule has 0 atom stereocenters. The van der Waals surface area contributed by atoms with Crippen molar-refractivity contribution in [2.75, 3.05) is 20.2 Å². The highest BCUT2D eigenvalue weighted by molar-refractivity contribution is 6.74. The topological polar surface area (TPSA) is 43.2 Å². The van der Waals surface area contributed by atoms with Gasteiger partial charge in [-0.05, 0) is 44.6 Å². The van der Waals surface area contributed by atoms with Gasteiger partial charge in [0.15, 0.2) is 8.32 Å². The lowest BCUT2D eigenvalue weighted by atomic mass is 10.2. The Morgan fingerprint density at radius 3 is 2.48 bits per heavy atom. The first-order valence-corrected chi connectivity index (χ1v) is 10.7. The number of hydrogen-bond donors (Lipinski definition) is 0. The van der Waals surface area contributed by atoms with Crippen LogP contribution < -0.4 is 0 Å². The van der Waals surface area contributed by atoms with E-state index in [0.717, 1.165) is 38.4 Å². The Hall–Kier alpha value is -0.723. The maximum Gasteiger partial charge on any atom is 0.191 e. The average Bonchev–Trinajstić information content (AvgIpc) is 2.73. The van der Waals surface area contributed by atoms with E-state index in [9.17, 15) is 0 Å². The van der Waals surface area contributed by atoms with Crippen LogP contribution in [0.15, 0.2) is 6.33 Å². The maximum atomic E-state index is 6.19. The van der Waals surface area contributed by atoms with Crippen LogP contribution in [0.3, 0.4) is 0 Å². The fourth-order valence-corrected chi connectivity index (χ4v) is 2.89. The van der Waals surface area contributed by atoms with Crippen LogP contribution in [0.5, 0.6) is 0 Å². The van der Waals surface area contributed by atoms with Gasteiger partial charge >= 0.3 is 0 Å². The van der Waals surface area contributed by atoms with Crippen LogP contribution >= 0.6 is 0 Å². The first kappa shape index (κ1) is 18.3. The molecule has 0 saturated carbocycles. The fraction of sp³-hybridized carbons (Fsp3) is 0.867. The molecule has 0 unspecified atom stereocenters. The molecule has 1 aromatic rings. The molecule has 0 amide bonds. The third-order valence-electron chi connectivity index (χ3n) is 4.42. The number of aromatic nitrogens is 3. The molecule has 0 aliphatic rings. The van der Waals surface area contributed by atoms with Gasteiger partial charge in [0.25, 0.3) is 0 Å². The first-order valence-electron chi connectivity index (χ1n) is 7.79. The van der Waals surface area contributed by atoms with E-state index in [2.05, 4.69) is 56.0 Å². The van der Waals surface area contributed by atoms with Crippen molar-refractivity contribution in [1.29, 1.82) is 0 Å². The quantitative estimate of drug-likeness (QED) is 0.546. The maximum absolute atomic E-state index is 6.19. The number of nitrogens with zero attached hydrogens (tertiary/aromatic N) is 4. The lowest BCUT2D eigenvalue weighted by Crippen LogP contribution is -2.41. The van der Waals surface area contributed by atoms with Gasteiger partial charge in [-0.2, -0.15) is 0 Å². The highest BCUT2D eigenvalue weighted by Crippen LogP contribution is 2.36. The number of unbranched alkanes of at least 4 members (excludes halogenated alkanes) is 1. The Bertz CT molecular complexity index is 426. The van der Waals surface area contributed by atoms with E-state index in [0.29, 0.717) is 5.04 Å². The largest absolute Gasteiger partial charge is 0.417 e. The molecule has 0 N–H and O–H groups in total. The minimum absolute atomic E-state index is 0.301. The molecule has 0 spiro atoms. The second-order valence-electron chi connectivity index (χ2n) is 7.41. The summed E-state index contributed by atoms with van der Waals surface area (Å²) in [5, 5.41) is 8.32. The highest BCUT2D eigenvalue weighted by atomic mass is 28.4. The zero-order valence-electron chi connectivity index (χ0n) is 14.8. The van der Waals surface area contributed by atoms with Crippen LogP contribution in [0, 0.1) is 0 Å². The molecule has 1 heterocycles. The second kappa shape index (κ2) is 7.51. The van der Waals surface area contributed by atoms with Gasteiger partial charge in [-0.1, -0.05) is 20.8 Å². The van der Waals surface area contributed by atoms with Crippen molar-refractivity contribution >= 4 is 8.32 Å². The van der Waals surface area contributed by atoms with Crippen molar-refractivity contribution in [3.63, 3.8) is 0 Å². The van der Waals surface area contributed by atoms with Gasteiger partial charge < -0.3 is 8.99 Å². The van der Waals surface area contributed by atoms with Crippen molar-refractivity contribution < 1.29 is 4.43 Å². The second-order valence-corrected chi connectivity index (χ2v) is 12.2. The molecule has 6 heteroatoms. The van der Waals surface area contributed by atoms with E-state index in [-0.39, 0.29) is 0 Å². The number of rotatable bonds is 8. The molecule has 0 aliphatic heterocycles. The van der Waals surface area contributed by atoms with Crippen LogP contribution in [-0.4, -0.2) is 48.2 Å². The van der Waals surface area contributed by atoms with Gasteiger partial charge in [-0.25, -0.2) is 0 Å². The van der Waals surface area contributed by atoms with Crippen LogP contribution in [0.4, 0.5) is 0 Å². The zero-order valence-corrected chi connectivity index (χ0v) is 15.8. The van der Waals surface area contributed by atoms with Crippen molar-refractivity contribution in [3.8, 4) is 0 Å². The summed E-state index contributed by atoms with van der Waals surface area (Å²) in [5.41, 5.74) is 0. The summed E-state index contributed by atoms with van der Waals surface area (Å²) in [6.07, 6.45) is 4.02. The van der Waals surface area contributed by atoms with Gasteiger partial charge in [0, 0.05) is 13.7 Å². The molecule has 21 heavy (non-hydrogen) atoms. The van der Waals surface area contributed by atoms with E-state index >= 15 is 0 Å². The Kier molecular flexibility index (Phi) is 6.56. The smallest absolute Gasteiger partial charge is 0.191 e. The summed E-state index contributed by atoms with van der Waals surface area (Å²) < 4.78 is 8.16. The lowest BCUT2D eigenvalue weighted by molar-refractivity contribution is 0.256. The summed E-state index contributed by atoms with van der Waals surface area (Å²) in [7, 11) is 2.53. The standard InChI is InChI=1S/C15H32N4OSi/c1-15(2,3)21(6,7)20-11-9-8-10-18(4)12-14-17-16-13-19(14)5/h13H,8-12H2,1-7H3. The van der Waals surface area contributed by atoms with Crippen molar-refractivity contribution in [2.45, 2.75) is 58.3 Å². The van der Waals surface area contributed by atoms with Crippen LogP contribution in [-0.2, 0) is 18.0 Å². The van der Waals surface area contributed by atoms with E-state index in [4.69, 9.17) is 4.43 Å². The van der Waals surface area contributed by atoms with E-state index in [1.54, 1.807) is 6.33 Å². The Balaban J connectivity index is 2.18. The summed E-state index contributed by atoms with van der Waals surface area (Å²) in [5.74, 6) is 1.01. The molecular weight excluding hydrogens is 280 g/mol. The summed E-state index contributed by atoms with van der Waals surface area (Å²) in [6.45, 7) is 14.3. The zero-order chi connectivity index (χ0) is 16.1. The van der Waals surface area contributed by atoms with Gasteiger partial charge in [0.2, 0.25) is 0 Å². The molecule has 0 fully saturated rings. The fourth-order valence-electron chi connectivity index (χ4n) is 1.80. The predicted molar refractivity (Wildman–Crippen MR) is 89.7 cm³/mol. The molecular formula is C15H32N4OSi. The molecule has 1 rings (SSSR count). The van der Waals surface area contributed by atoms with Gasteiger partial charge in [-0.15, -0.1) is 10.2 Å². The molecule has 122 valence electrons. The third kappa shape index (κ3) is 5.88. The Morgan fingerprint density at radius 2 is 1.95 bits per heavy atom. The summed E-state index contributed by atoms with van der Waals surface area (Å²) >= 11 is 0. The first-order chi connectivity index (χ1) is 9.63. The lowest BCUT2D eigenvalue weighted by Gasteiger charge is -2.36. The van der Waals surface area contributed by atoms with E-state index in [1.165, 1.54) is 0 Å².